The number of amides is 1. The maximum atomic E-state index is 12.3. The third-order valence-corrected chi connectivity index (χ3v) is 2.58. The lowest BCUT2D eigenvalue weighted by Gasteiger charge is -2.28. The first kappa shape index (κ1) is 13.2. The number of rotatable bonds is 3. The lowest BCUT2D eigenvalue weighted by Crippen LogP contribution is -2.42. The van der Waals surface area contributed by atoms with Gasteiger partial charge in [0.25, 0.3) is 5.91 Å². The molecule has 1 aliphatic heterocycles. The molecule has 5 nitrogen and oxygen atoms in total. The van der Waals surface area contributed by atoms with Crippen LogP contribution < -0.4 is 9.64 Å². The summed E-state index contributed by atoms with van der Waals surface area (Å²) >= 11 is 0. The normalized spacial score (nSPS) is 15.5. The van der Waals surface area contributed by atoms with Gasteiger partial charge >= 0.3 is 6.61 Å². The second-order valence-electron chi connectivity index (χ2n) is 3.77. The summed E-state index contributed by atoms with van der Waals surface area (Å²) in [5.74, 6) is -0.496. The zero-order chi connectivity index (χ0) is 13.8. The number of nitrogens with zero attached hydrogens (tertiary/aromatic N) is 2. The lowest BCUT2D eigenvalue weighted by molar-refractivity contribution is -0.125. The van der Waals surface area contributed by atoms with Gasteiger partial charge in [-0.2, -0.15) is 14.0 Å². The fraction of sp³-hybridized carbons (Fsp3) is 0.333. The molecule has 0 aliphatic carbocycles. The highest BCUT2D eigenvalue weighted by Crippen LogP contribution is 2.31. The summed E-state index contributed by atoms with van der Waals surface area (Å²) in [7, 11) is 0. The van der Waals surface area contributed by atoms with Gasteiger partial charge in [0.05, 0.1) is 23.9 Å². The van der Waals surface area contributed by atoms with Crippen LogP contribution in [0, 0.1) is 11.3 Å². The van der Waals surface area contributed by atoms with Crippen molar-refractivity contribution in [2.24, 2.45) is 0 Å². The molecule has 19 heavy (non-hydrogen) atoms. The number of halogens is 2. The van der Waals surface area contributed by atoms with E-state index in [0.29, 0.717) is 6.61 Å². The minimum atomic E-state index is -3.00. The van der Waals surface area contributed by atoms with Crippen molar-refractivity contribution in [2.45, 2.75) is 6.61 Å². The number of morpholine rings is 1. The minimum absolute atomic E-state index is 0.120. The van der Waals surface area contributed by atoms with Crippen LogP contribution in [-0.2, 0) is 9.53 Å². The molecule has 0 spiro atoms. The quantitative estimate of drug-likeness (QED) is 0.833. The summed E-state index contributed by atoms with van der Waals surface area (Å²) in [6.07, 6.45) is 0. The van der Waals surface area contributed by atoms with E-state index in [-0.39, 0.29) is 36.1 Å². The highest BCUT2D eigenvalue weighted by atomic mass is 19.3. The molecule has 0 unspecified atom stereocenters. The van der Waals surface area contributed by atoms with Crippen LogP contribution in [0.3, 0.4) is 0 Å². The number of anilines is 1. The number of nitriles is 1. The third-order valence-electron chi connectivity index (χ3n) is 2.58. The Hall–Kier alpha value is -2.20. The zero-order valence-corrected chi connectivity index (χ0v) is 9.81. The molecule has 1 aliphatic rings. The molecule has 1 aromatic rings. The van der Waals surface area contributed by atoms with Crippen molar-refractivity contribution in [1.29, 1.82) is 5.26 Å². The van der Waals surface area contributed by atoms with E-state index in [2.05, 4.69) is 4.74 Å². The van der Waals surface area contributed by atoms with Crippen molar-refractivity contribution < 1.29 is 23.0 Å². The Bertz CT molecular complexity index is 528. The Kier molecular flexibility index (Phi) is 3.92. The Morgan fingerprint density at radius 1 is 1.47 bits per heavy atom. The molecular formula is C12H10F2N2O3. The van der Waals surface area contributed by atoms with E-state index in [1.54, 1.807) is 0 Å². The van der Waals surface area contributed by atoms with Crippen LogP contribution in [0.2, 0.25) is 0 Å². The average molecular weight is 268 g/mol. The van der Waals surface area contributed by atoms with Crippen LogP contribution in [-0.4, -0.2) is 32.3 Å². The third kappa shape index (κ3) is 2.98. The molecule has 0 aromatic heterocycles. The van der Waals surface area contributed by atoms with Gasteiger partial charge in [0.1, 0.15) is 12.4 Å². The number of ether oxygens (including phenoxy) is 2. The molecule has 2 rings (SSSR count). The molecule has 0 bridgehead atoms. The van der Waals surface area contributed by atoms with Gasteiger partial charge in [-0.05, 0) is 18.2 Å². The van der Waals surface area contributed by atoms with Crippen LogP contribution in [0.25, 0.3) is 0 Å². The fourth-order valence-electron chi connectivity index (χ4n) is 1.77. The monoisotopic (exact) mass is 268 g/mol. The molecule has 1 heterocycles. The first-order valence-electron chi connectivity index (χ1n) is 5.49. The van der Waals surface area contributed by atoms with E-state index in [1.165, 1.54) is 23.1 Å². The molecule has 1 aromatic carbocycles. The Balaban J connectivity index is 2.39. The Morgan fingerprint density at radius 2 is 2.26 bits per heavy atom. The largest absolute Gasteiger partial charge is 0.433 e. The molecule has 1 fully saturated rings. The number of benzene rings is 1. The van der Waals surface area contributed by atoms with Gasteiger partial charge in [-0.25, -0.2) is 0 Å². The summed E-state index contributed by atoms with van der Waals surface area (Å²) in [4.78, 5) is 13.0. The summed E-state index contributed by atoms with van der Waals surface area (Å²) < 4.78 is 34.0. The van der Waals surface area contributed by atoms with Gasteiger partial charge in [-0.3, -0.25) is 4.79 Å². The standard InChI is InChI=1S/C12H10F2N2O3/c13-12(14)19-10-2-1-8(6-15)5-9(10)16-3-4-18-7-11(16)17/h1-2,5,12H,3-4,7H2. The van der Waals surface area contributed by atoms with Gasteiger partial charge in [-0.15, -0.1) is 0 Å². The van der Waals surface area contributed by atoms with Crippen LogP contribution in [0.15, 0.2) is 18.2 Å². The first-order valence-corrected chi connectivity index (χ1v) is 5.49. The highest BCUT2D eigenvalue weighted by molar-refractivity contribution is 5.96. The molecule has 0 saturated carbocycles. The van der Waals surface area contributed by atoms with Crippen LogP contribution in [0.4, 0.5) is 14.5 Å². The fourth-order valence-corrected chi connectivity index (χ4v) is 1.77. The van der Waals surface area contributed by atoms with Crippen LogP contribution in [0.1, 0.15) is 5.56 Å². The Morgan fingerprint density at radius 3 is 2.89 bits per heavy atom. The van der Waals surface area contributed by atoms with E-state index in [4.69, 9.17) is 10.00 Å². The summed E-state index contributed by atoms with van der Waals surface area (Å²) in [6, 6.07) is 5.84. The molecule has 100 valence electrons. The number of carbonyl (C=O) groups is 1. The topological polar surface area (TPSA) is 62.6 Å². The lowest BCUT2D eigenvalue weighted by atomic mass is 10.1. The predicted molar refractivity (Wildman–Crippen MR) is 61.0 cm³/mol. The molecule has 1 amide bonds. The number of hydrogen-bond acceptors (Lipinski definition) is 4. The van der Waals surface area contributed by atoms with Crippen molar-refractivity contribution in [3.63, 3.8) is 0 Å². The van der Waals surface area contributed by atoms with Crippen LogP contribution in [0.5, 0.6) is 5.75 Å². The second-order valence-corrected chi connectivity index (χ2v) is 3.77. The number of carbonyl (C=O) groups excluding carboxylic acids is 1. The first-order chi connectivity index (χ1) is 9.11. The zero-order valence-electron chi connectivity index (χ0n) is 9.81. The maximum Gasteiger partial charge on any atom is 0.387 e. The van der Waals surface area contributed by atoms with Gasteiger partial charge in [0.15, 0.2) is 0 Å². The van der Waals surface area contributed by atoms with Crippen molar-refractivity contribution in [2.75, 3.05) is 24.7 Å². The molecule has 0 atom stereocenters. The van der Waals surface area contributed by atoms with Crippen molar-refractivity contribution in [1.82, 2.24) is 0 Å². The van der Waals surface area contributed by atoms with E-state index < -0.39 is 6.61 Å². The SMILES string of the molecule is N#Cc1ccc(OC(F)F)c(N2CCOCC2=O)c1. The predicted octanol–water partition coefficient (Wildman–Crippen LogP) is 1.52. The molecule has 0 N–H and O–H groups in total. The highest BCUT2D eigenvalue weighted by Gasteiger charge is 2.24. The number of hydrogen-bond donors (Lipinski definition) is 0. The molecule has 7 heteroatoms. The Labute approximate surface area is 107 Å². The van der Waals surface area contributed by atoms with Crippen molar-refractivity contribution >= 4 is 11.6 Å². The number of alkyl halides is 2. The van der Waals surface area contributed by atoms with E-state index in [0.717, 1.165) is 0 Å². The summed E-state index contributed by atoms with van der Waals surface area (Å²) in [5.41, 5.74) is 0.420. The van der Waals surface area contributed by atoms with Gasteiger partial charge in [0, 0.05) is 6.54 Å². The molecule has 1 saturated heterocycles. The van der Waals surface area contributed by atoms with Crippen LogP contribution >= 0.6 is 0 Å². The average Bonchev–Trinajstić information content (AvgIpc) is 2.39. The summed E-state index contributed by atoms with van der Waals surface area (Å²) in [5, 5.41) is 8.83. The van der Waals surface area contributed by atoms with Gasteiger partial charge in [-0.1, -0.05) is 0 Å². The molecular weight excluding hydrogens is 258 g/mol. The van der Waals surface area contributed by atoms with Crippen molar-refractivity contribution in [3.8, 4) is 11.8 Å². The van der Waals surface area contributed by atoms with Crippen molar-refractivity contribution in [3.05, 3.63) is 23.8 Å². The maximum absolute atomic E-state index is 12.3. The van der Waals surface area contributed by atoms with E-state index in [1.807, 2.05) is 6.07 Å². The minimum Gasteiger partial charge on any atom is -0.433 e. The molecule has 0 radical (unpaired) electrons. The second kappa shape index (κ2) is 5.63. The van der Waals surface area contributed by atoms with E-state index >= 15 is 0 Å². The summed E-state index contributed by atoms with van der Waals surface area (Å²) in [6.45, 7) is -2.59. The smallest absolute Gasteiger partial charge is 0.387 e. The van der Waals surface area contributed by atoms with E-state index in [9.17, 15) is 13.6 Å². The van der Waals surface area contributed by atoms with Gasteiger partial charge < -0.3 is 14.4 Å². The van der Waals surface area contributed by atoms with Gasteiger partial charge in [0.2, 0.25) is 0 Å².